The van der Waals surface area contributed by atoms with E-state index in [0.29, 0.717) is 35.4 Å². The van der Waals surface area contributed by atoms with Crippen molar-refractivity contribution >= 4 is 80.5 Å². The van der Waals surface area contributed by atoms with Gasteiger partial charge in [0.1, 0.15) is 23.7 Å². The molecule has 0 spiro atoms. The van der Waals surface area contributed by atoms with Crippen molar-refractivity contribution in [3.05, 3.63) is 127 Å². The highest BCUT2D eigenvalue weighted by Crippen LogP contribution is 2.33. The van der Waals surface area contributed by atoms with Crippen LogP contribution in [0.5, 0.6) is 5.75 Å². The lowest BCUT2D eigenvalue weighted by Crippen LogP contribution is -2.57. The minimum atomic E-state index is -0.749. The van der Waals surface area contributed by atoms with Crippen molar-refractivity contribution in [2.24, 2.45) is 0 Å². The Bertz CT molecular complexity index is 1520. The molecule has 0 unspecified atom stereocenters. The van der Waals surface area contributed by atoms with E-state index in [9.17, 15) is 18.8 Å². The Morgan fingerprint density at radius 1 is 0.718 bits per heavy atom. The molecule has 0 atom stereocenters. The summed E-state index contributed by atoms with van der Waals surface area (Å²) in [6, 6.07) is 26.2. The monoisotopic (exact) mass is 744 g/mol. The van der Waals surface area contributed by atoms with Crippen molar-refractivity contribution in [3.8, 4) is 5.75 Å². The minimum Gasteiger partial charge on any atom is -0.487 e. The molecule has 194 valence electrons. The molecule has 4 aromatic rings. The average Bonchev–Trinajstić information content (AvgIpc) is 2.93. The summed E-state index contributed by atoms with van der Waals surface area (Å²) in [6.07, 6.45) is 1.48. The number of halogens is 3. The van der Waals surface area contributed by atoms with Gasteiger partial charge in [0.25, 0.3) is 11.8 Å². The lowest BCUT2D eigenvalue weighted by molar-refractivity contribution is -0.121. The second kappa shape index (κ2) is 11.7. The molecule has 1 fully saturated rings. The summed E-state index contributed by atoms with van der Waals surface area (Å²) in [5.74, 6) is -1.21. The van der Waals surface area contributed by atoms with E-state index in [1.54, 1.807) is 91.0 Å². The number of anilines is 2. The molecule has 0 bridgehead atoms. The van der Waals surface area contributed by atoms with Gasteiger partial charge in [0.2, 0.25) is 0 Å². The van der Waals surface area contributed by atoms with E-state index in [2.05, 4.69) is 45.2 Å². The summed E-state index contributed by atoms with van der Waals surface area (Å²) >= 11 is 4.20. The topological polar surface area (TPSA) is 66.9 Å². The van der Waals surface area contributed by atoms with E-state index in [0.717, 1.165) is 9.80 Å². The van der Waals surface area contributed by atoms with Gasteiger partial charge in [0.05, 0.1) is 18.5 Å². The Kier molecular flexibility index (Phi) is 8.07. The number of urea groups is 1. The van der Waals surface area contributed by atoms with E-state index in [1.165, 1.54) is 12.1 Å². The van der Waals surface area contributed by atoms with Crippen molar-refractivity contribution in [2.75, 3.05) is 9.80 Å². The van der Waals surface area contributed by atoms with Crippen LogP contribution in [0.25, 0.3) is 6.08 Å². The Morgan fingerprint density at radius 3 is 1.72 bits per heavy atom. The van der Waals surface area contributed by atoms with E-state index in [1.807, 2.05) is 0 Å². The first-order chi connectivity index (χ1) is 18.8. The Hall–Kier alpha value is -3.58. The highest BCUT2D eigenvalue weighted by molar-refractivity contribution is 14.1. The summed E-state index contributed by atoms with van der Waals surface area (Å²) in [6.45, 7) is 0.0519. The van der Waals surface area contributed by atoms with Crippen LogP contribution in [-0.4, -0.2) is 17.8 Å². The van der Waals surface area contributed by atoms with Crippen LogP contribution in [0.1, 0.15) is 11.1 Å². The normalized spacial score (nSPS) is 13.6. The molecule has 4 amide bonds. The molecule has 5 rings (SSSR count). The smallest absolute Gasteiger partial charge is 0.343 e. The summed E-state index contributed by atoms with van der Waals surface area (Å²) in [5.41, 5.74) is 1.56. The predicted octanol–water partition coefficient (Wildman–Crippen LogP) is 7.20. The van der Waals surface area contributed by atoms with E-state index in [4.69, 9.17) is 4.74 Å². The van der Waals surface area contributed by atoms with Crippen LogP contribution in [0.3, 0.4) is 0 Å². The highest BCUT2D eigenvalue weighted by atomic mass is 127. The van der Waals surface area contributed by atoms with Gasteiger partial charge in [0, 0.05) is 5.56 Å². The molecule has 0 N–H and O–H groups in total. The Balaban J connectivity index is 1.52. The van der Waals surface area contributed by atoms with Crippen LogP contribution in [0, 0.1) is 13.0 Å². The van der Waals surface area contributed by atoms with Gasteiger partial charge in [-0.1, -0.05) is 54.6 Å². The van der Waals surface area contributed by atoms with Crippen LogP contribution in [0.15, 0.2) is 103 Å². The summed E-state index contributed by atoms with van der Waals surface area (Å²) in [7, 11) is 0. The molecule has 0 radical (unpaired) electrons. The molecule has 39 heavy (non-hydrogen) atoms. The zero-order valence-corrected chi connectivity index (χ0v) is 24.5. The standard InChI is InChI=1S/C30H19FI2N2O4/c31-24-14-8-7-9-20(24)18-39-27-25(32)16-19(17-26(27)33)15-23-28(36)34(21-10-3-1-4-11-21)30(38)35(29(23)37)22-12-5-2-6-13-22/h1-17H,18H2. The van der Waals surface area contributed by atoms with Gasteiger partial charge in [0.15, 0.2) is 0 Å². The number of rotatable bonds is 6. The second-order valence-corrected chi connectivity index (χ2v) is 10.8. The predicted molar refractivity (Wildman–Crippen MR) is 164 cm³/mol. The van der Waals surface area contributed by atoms with Gasteiger partial charge in [-0.25, -0.2) is 19.0 Å². The van der Waals surface area contributed by atoms with Gasteiger partial charge in [-0.3, -0.25) is 9.59 Å². The Labute approximate surface area is 251 Å². The lowest BCUT2D eigenvalue weighted by Gasteiger charge is -2.34. The fraction of sp³-hybridized carbons (Fsp3) is 0.0333. The summed E-state index contributed by atoms with van der Waals surface area (Å²) in [5, 5.41) is 0. The number of nitrogens with zero attached hydrogens (tertiary/aromatic N) is 2. The average molecular weight is 744 g/mol. The SMILES string of the molecule is O=C1C(=Cc2cc(I)c(OCc3ccccc3F)c(I)c2)C(=O)N(c2ccccc2)C(=O)N1c1ccccc1. The highest BCUT2D eigenvalue weighted by Gasteiger charge is 2.43. The van der Waals surface area contributed by atoms with Crippen molar-refractivity contribution < 1.29 is 23.5 Å². The molecule has 1 aliphatic rings. The quantitative estimate of drug-likeness (QED) is 0.119. The van der Waals surface area contributed by atoms with Crippen LogP contribution >= 0.6 is 45.2 Å². The van der Waals surface area contributed by atoms with E-state index >= 15 is 0 Å². The van der Waals surface area contributed by atoms with Crippen LogP contribution in [0.2, 0.25) is 0 Å². The molecule has 0 saturated carbocycles. The minimum absolute atomic E-state index is 0.0519. The molecule has 4 aromatic carbocycles. The number of barbiturate groups is 1. The molecule has 0 aliphatic carbocycles. The van der Waals surface area contributed by atoms with Crippen molar-refractivity contribution in [2.45, 2.75) is 6.61 Å². The number of carbonyl (C=O) groups excluding carboxylic acids is 3. The number of hydrogen-bond acceptors (Lipinski definition) is 4. The zero-order chi connectivity index (χ0) is 27.5. The van der Waals surface area contributed by atoms with Gasteiger partial charge in [-0.15, -0.1) is 0 Å². The molecule has 1 saturated heterocycles. The van der Waals surface area contributed by atoms with E-state index in [-0.39, 0.29) is 18.0 Å². The van der Waals surface area contributed by atoms with Crippen molar-refractivity contribution in [1.29, 1.82) is 0 Å². The molecule has 1 heterocycles. The van der Waals surface area contributed by atoms with Gasteiger partial charge in [-0.05, 0) is 99.3 Å². The Morgan fingerprint density at radius 2 is 1.21 bits per heavy atom. The van der Waals surface area contributed by atoms with Crippen molar-refractivity contribution in [3.63, 3.8) is 0 Å². The van der Waals surface area contributed by atoms with Crippen LogP contribution in [0.4, 0.5) is 20.6 Å². The number of imide groups is 2. The van der Waals surface area contributed by atoms with Crippen LogP contribution in [-0.2, 0) is 16.2 Å². The molecule has 0 aromatic heterocycles. The first-order valence-electron chi connectivity index (χ1n) is 11.7. The van der Waals surface area contributed by atoms with E-state index < -0.39 is 17.8 Å². The lowest BCUT2D eigenvalue weighted by atomic mass is 10.0. The maximum atomic E-state index is 14.0. The fourth-order valence-corrected chi connectivity index (χ4v) is 6.20. The van der Waals surface area contributed by atoms with Gasteiger partial charge < -0.3 is 4.74 Å². The van der Waals surface area contributed by atoms with Crippen molar-refractivity contribution in [1.82, 2.24) is 0 Å². The largest absolute Gasteiger partial charge is 0.487 e. The third kappa shape index (κ3) is 5.59. The first-order valence-corrected chi connectivity index (χ1v) is 13.9. The molecule has 6 nitrogen and oxygen atoms in total. The maximum absolute atomic E-state index is 14.0. The third-order valence-electron chi connectivity index (χ3n) is 5.94. The summed E-state index contributed by atoms with van der Waals surface area (Å²) < 4.78 is 21.4. The molecule has 1 aliphatic heterocycles. The summed E-state index contributed by atoms with van der Waals surface area (Å²) in [4.78, 5) is 42.6. The third-order valence-corrected chi connectivity index (χ3v) is 7.54. The number of para-hydroxylation sites is 2. The number of amides is 4. The fourth-order valence-electron chi connectivity index (χ4n) is 4.07. The second-order valence-electron chi connectivity index (χ2n) is 8.49. The van der Waals surface area contributed by atoms with Gasteiger partial charge >= 0.3 is 6.03 Å². The van der Waals surface area contributed by atoms with Crippen LogP contribution < -0.4 is 14.5 Å². The maximum Gasteiger partial charge on any atom is 0.343 e. The zero-order valence-electron chi connectivity index (χ0n) is 20.2. The molecular formula is C30H19FI2N2O4. The number of hydrogen-bond donors (Lipinski definition) is 0. The number of carbonyl (C=O) groups is 3. The number of benzene rings is 4. The molecule has 9 heteroatoms. The number of ether oxygens (including phenoxy) is 1. The molecular weight excluding hydrogens is 725 g/mol. The van der Waals surface area contributed by atoms with Gasteiger partial charge in [-0.2, -0.15) is 0 Å². The first kappa shape index (κ1) is 27.0.